The highest BCUT2D eigenvalue weighted by molar-refractivity contribution is 7.25. The quantitative estimate of drug-likeness (QED) is 0.175. The molecule has 230 valence electrons. The van der Waals surface area contributed by atoms with Gasteiger partial charge in [-0.2, -0.15) is 0 Å². The highest BCUT2D eigenvalue weighted by Gasteiger charge is 2.18. The van der Waals surface area contributed by atoms with Crippen LogP contribution in [0.2, 0.25) is 0 Å². The molecule has 10 rings (SSSR count). The summed E-state index contributed by atoms with van der Waals surface area (Å²) in [6.07, 6.45) is 0. The molecular formula is C45H28N2OS. The number of aromatic nitrogens is 1. The topological polar surface area (TPSA) is 29.3 Å². The zero-order valence-corrected chi connectivity index (χ0v) is 27.2. The fourth-order valence-corrected chi connectivity index (χ4v) is 8.23. The van der Waals surface area contributed by atoms with Gasteiger partial charge in [0.05, 0.1) is 0 Å². The van der Waals surface area contributed by atoms with Gasteiger partial charge < -0.3 is 9.32 Å². The second-order valence-electron chi connectivity index (χ2n) is 12.4. The Labute approximate surface area is 286 Å². The lowest BCUT2D eigenvalue weighted by Crippen LogP contribution is -2.09. The maximum atomic E-state index is 6.55. The number of nitrogens with zero attached hydrogens (tertiary/aromatic N) is 2. The predicted molar refractivity (Wildman–Crippen MR) is 207 cm³/mol. The normalized spacial score (nSPS) is 11.7. The molecular weight excluding hydrogens is 617 g/mol. The predicted octanol–water partition coefficient (Wildman–Crippen LogP) is 13.3. The fraction of sp³-hybridized carbons (Fsp3) is 0. The van der Waals surface area contributed by atoms with Gasteiger partial charge in [0.2, 0.25) is 5.89 Å². The lowest BCUT2D eigenvalue weighted by molar-refractivity contribution is 0.623. The van der Waals surface area contributed by atoms with E-state index in [0.717, 1.165) is 55.3 Å². The number of oxazole rings is 1. The van der Waals surface area contributed by atoms with Crippen LogP contribution < -0.4 is 4.90 Å². The minimum absolute atomic E-state index is 0.632. The molecule has 0 radical (unpaired) electrons. The van der Waals surface area contributed by atoms with E-state index in [2.05, 4.69) is 144 Å². The monoisotopic (exact) mass is 644 g/mol. The van der Waals surface area contributed by atoms with Crippen LogP contribution >= 0.6 is 11.3 Å². The molecule has 0 saturated heterocycles. The summed E-state index contributed by atoms with van der Waals surface area (Å²) in [7, 11) is 0. The van der Waals surface area contributed by atoms with E-state index in [9.17, 15) is 0 Å². The third kappa shape index (κ3) is 4.68. The third-order valence-electron chi connectivity index (χ3n) is 9.47. The molecule has 0 aliphatic carbocycles. The summed E-state index contributed by atoms with van der Waals surface area (Å²) in [6, 6.07) is 60.4. The van der Waals surface area contributed by atoms with E-state index >= 15 is 0 Å². The summed E-state index contributed by atoms with van der Waals surface area (Å²) in [5.74, 6) is 0.632. The van der Waals surface area contributed by atoms with E-state index < -0.39 is 0 Å². The Balaban J connectivity index is 1.18. The first-order valence-electron chi connectivity index (χ1n) is 16.5. The van der Waals surface area contributed by atoms with Gasteiger partial charge in [-0.05, 0) is 87.9 Å². The highest BCUT2D eigenvalue weighted by atomic mass is 32.1. The number of anilines is 3. The Morgan fingerprint density at radius 2 is 1.06 bits per heavy atom. The Morgan fingerprint density at radius 3 is 1.90 bits per heavy atom. The van der Waals surface area contributed by atoms with Crippen molar-refractivity contribution < 1.29 is 4.42 Å². The van der Waals surface area contributed by atoms with Crippen LogP contribution in [0, 0.1) is 0 Å². The summed E-state index contributed by atoms with van der Waals surface area (Å²) < 4.78 is 9.13. The third-order valence-corrected chi connectivity index (χ3v) is 10.6. The summed E-state index contributed by atoms with van der Waals surface area (Å²) in [5, 5.41) is 7.07. The van der Waals surface area contributed by atoms with Gasteiger partial charge in [-0.15, -0.1) is 11.3 Å². The SMILES string of the molecule is c1ccc(-c2ccc(N(c3ccc4c(c3)sc3ccccc34)c3ccc4ccc5ccc6nc(-c7ccccc7)oc6c5c4c3)cc2)cc1. The molecule has 4 heteroatoms. The lowest BCUT2D eigenvalue weighted by Gasteiger charge is -2.26. The van der Waals surface area contributed by atoms with Crippen molar-refractivity contribution in [3.8, 4) is 22.6 Å². The van der Waals surface area contributed by atoms with Crippen molar-refractivity contribution in [3.05, 3.63) is 170 Å². The second kappa shape index (κ2) is 11.2. The first kappa shape index (κ1) is 27.8. The molecule has 2 aromatic heterocycles. The van der Waals surface area contributed by atoms with Crippen LogP contribution in [-0.4, -0.2) is 4.98 Å². The summed E-state index contributed by atoms with van der Waals surface area (Å²) in [6.45, 7) is 0. The minimum Gasteiger partial charge on any atom is -0.435 e. The van der Waals surface area contributed by atoms with Crippen LogP contribution in [0.1, 0.15) is 0 Å². The average Bonchev–Trinajstić information content (AvgIpc) is 3.77. The zero-order chi connectivity index (χ0) is 32.3. The molecule has 10 aromatic rings. The van der Waals surface area contributed by atoms with Crippen LogP contribution in [0.5, 0.6) is 0 Å². The highest BCUT2D eigenvalue weighted by Crippen LogP contribution is 2.43. The van der Waals surface area contributed by atoms with Crippen LogP contribution in [0.3, 0.4) is 0 Å². The molecule has 0 aliphatic rings. The number of thiophene rings is 1. The number of benzene rings is 8. The smallest absolute Gasteiger partial charge is 0.227 e. The molecule has 0 bridgehead atoms. The van der Waals surface area contributed by atoms with Crippen molar-refractivity contribution in [2.45, 2.75) is 0 Å². The van der Waals surface area contributed by atoms with Crippen molar-refractivity contribution >= 4 is 81.2 Å². The standard InChI is InChI=1S/C45H28N2OS/c1-3-9-29(10-4-1)30-17-21-34(22-18-30)47(36-24-25-38-37-13-7-8-14-41(37)49-42(38)28-36)35-23-19-31-15-16-32-20-26-40-44(43(32)39(31)27-35)48-45(46-40)33-11-5-2-6-12-33/h1-28H. The number of fused-ring (bicyclic) bond motifs is 8. The minimum atomic E-state index is 0.632. The van der Waals surface area contributed by atoms with Gasteiger partial charge in [-0.3, -0.25) is 0 Å². The Hall–Kier alpha value is -6.23. The van der Waals surface area contributed by atoms with Crippen molar-refractivity contribution in [3.63, 3.8) is 0 Å². The lowest BCUT2D eigenvalue weighted by atomic mass is 10.00. The van der Waals surface area contributed by atoms with E-state index in [1.165, 1.54) is 31.3 Å². The summed E-state index contributed by atoms with van der Waals surface area (Å²) in [4.78, 5) is 7.26. The van der Waals surface area contributed by atoms with Crippen LogP contribution in [0.25, 0.3) is 75.4 Å². The fourth-order valence-electron chi connectivity index (χ4n) is 7.09. The number of hydrogen-bond donors (Lipinski definition) is 0. The average molecular weight is 645 g/mol. The van der Waals surface area contributed by atoms with Gasteiger partial charge in [-0.25, -0.2) is 4.98 Å². The van der Waals surface area contributed by atoms with Gasteiger partial charge >= 0.3 is 0 Å². The van der Waals surface area contributed by atoms with Crippen LogP contribution in [0.4, 0.5) is 17.1 Å². The van der Waals surface area contributed by atoms with E-state index in [-0.39, 0.29) is 0 Å². The van der Waals surface area contributed by atoms with Crippen LogP contribution in [-0.2, 0) is 0 Å². The zero-order valence-electron chi connectivity index (χ0n) is 26.4. The summed E-state index contributed by atoms with van der Waals surface area (Å²) in [5.41, 5.74) is 8.31. The number of hydrogen-bond acceptors (Lipinski definition) is 4. The van der Waals surface area contributed by atoms with Crippen molar-refractivity contribution in [2.75, 3.05) is 4.90 Å². The van der Waals surface area contributed by atoms with Crippen molar-refractivity contribution in [1.82, 2.24) is 4.98 Å². The largest absolute Gasteiger partial charge is 0.435 e. The van der Waals surface area contributed by atoms with E-state index in [1.807, 2.05) is 41.7 Å². The van der Waals surface area contributed by atoms with E-state index in [0.29, 0.717) is 5.89 Å². The molecule has 0 N–H and O–H groups in total. The maximum Gasteiger partial charge on any atom is 0.227 e. The number of rotatable bonds is 5. The van der Waals surface area contributed by atoms with Gasteiger partial charge in [-0.1, -0.05) is 109 Å². The molecule has 0 unspecified atom stereocenters. The summed E-state index contributed by atoms with van der Waals surface area (Å²) >= 11 is 1.84. The molecule has 0 aliphatic heterocycles. The first-order valence-corrected chi connectivity index (χ1v) is 17.3. The Morgan fingerprint density at radius 1 is 0.449 bits per heavy atom. The van der Waals surface area contributed by atoms with Crippen LogP contribution in [0.15, 0.2) is 174 Å². The molecule has 3 nitrogen and oxygen atoms in total. The van der Waals surface area contributed by atoms with Gasteiger partial charge in [0.1, 0.15) is 5.52 Å². The molecule has 0 fully saturated rings. The van der Waals surface area contributed by atoms with Crippen molar-refractivity contribution in [1.29, 1.82) is 0 Å². The molecule has 0 atom stereocenters. The molecule has 0 spiro atoms. The van der Waals surface area contributed by atoms with Crippen molar-refractivity contribution in [2.24, 2.45) is 0 Å². The molecule has 0 amide bonds. The maximum absolute atomic E-state index is 6.55. The molecule has 49 heavy (non-hydrogen) atoms. The van der Waals surface area contributed by atoms with E-state index in [4.69, 9.17) is 9.40 Å². The molecule has 8 aromatic carbocycles. The molecule has 2 heterocycles. The second-order valence-corrected chi connectivity index (χ2v) is 13.5. The van der Waals surface area contributed by atoms with E-state index in [1.54, 1.807) is 0 Å². The Kier molecular flexibility index (Phi) is 6.36. The first-order chi connectivity index (χ1) is 24.3. The molecule has 0 saturated carbocycles. The Bertz CT molecular complexity index is 2820. The van der Waals surface area contributed by atoms with Gasteiger partial charge in [0.25, 0.3) is 0 Å². The van der Waals surface area contributed by atoms with Gasteiger partial charge in [0, 0.05) is 48.2 Å². The van der Waals surface area contributed by atoms with Gasteiger partial charge in [0.15, 0.2) is 5.58 Å².